The Kier molecular flexibility index (Phi) is 5.37. The van der Waals surface area contributed by atoms with Crippen LogP contribution in [0.3, 0.4) is 0 Å². The number of thiazole rings is 1. The zero-order valence-corrected chi connectivity index (χ0v) is 15.8. The first-order chi connectivity index (χ1) is 12.5. The number of furan rings is 1. The monoisotopic (exact) mass is 371 g/mol. The summed E-state index contributed by atoms with van der Waals surface area (Å²) < 4.78 is 6.79. The molecule has 0 aliphatic carbocycles. The molecule has 2 amide bonds. The van der Waals surface area contributed by atoms with Crippen molar-refractivity contribution in [3.05, 3.63) is 42.2 Å². The highest BCUT2D eigenvalue weighted by atomic mass is 32.1. The second-order valence-electron chi connectivity index (χ2n) is 6.19. The lowest BCUT2D eigenvalue weighted by Crippen LogP contribution is -2.42. The van der Waals surface area contributed by atoms with Gasteiger partial charge in [0.15, 0.2) is 16.5 Å². The average Bonchev–Trinajstić information content (AvgIpc) is 3.24. The van der Waals surface area contributed by atoms with Crippen LogP contribution in [-0.4, -0.2) is 40.8 Å². The van der Waals surface area contributed by atoms with Crippen LogP contribution < -0.4 is 5.32 Å². The zero-order chi connectivity index (χ0) is 18.7. The lowest BCUT2D eigenvalue weighted by molar-refractivity contribution is -0.122. The maximum Gasteiger partial charge on any atom is 0.290 e. The quantitative estimate of drug-likeness (QED) is 0.719. The molecule has 26 heavy (non-hydrogen) atoms. The Bertz CT molecular complexity index is 896. The Balaban J connectivity index is 1.77. The molecule has 0 atom stereocenters. The molecule has 7 heteroatoms. The Hall–Kier alpha value is -2.67. The van der Waals surface area contributed by atoms with Gasteiger partial charge < -0.3 is 14.6 Å². The molecule has 136 valence electrons. The number of hydrogen-bond donors (Lipinski definition) is 1. The number of carbonyl (C=O) groups excluding carboxylic acids is 2. The first-order valence-corrected chi connectivity index (χ1v) is 9.34. The summed E-state index contributed by atoms with van der Waals surface area (Å²) in [7, 11) is 0. The van der Waals surface area contributed by atoms with E-state index in [1.165, 1.54) is 16.2 Å². The van der Waals surface area contributed by atoms with Crippen LogP contribution in [0.5, 0.6) is 0 Å². The van der Waals surface area contributed by atoms with Crippen molar-refractivity contribution in [2.75, 3.05) is 13.1 Å². The summed E-state index contributed by atoms with van der Waals surface area (Å²) in [6.45, 7) is 6.02. The largest absolute Gasteiger partial charge is 0.448 e. The number of hydrogen-bond acceptors (Lipinski definition) is 5. The number of likely N-dealkylation sites (N-methyl/N-ethyl adjacent to an activating group) is 1. The molecule has 0 bridgehead atoms. The molecule has 0 unspecified atom stereocenters. The third-order valence-corrected chi connectivity index (χ3v) is 4.83. The summed E-state index contributed by atoms with van der Waals surface area (Å²) in [4.78, 5) is 30.6. The Labute approximate surface area is 155 Å². The van der Waals surface area contributed by atoms with Crippen LogP contribution in [0.2, 0.25) is 0 Å². The van der Waals surface area contributed by atoms with Gasteiger partial charge in [-0.05, 0) is 45.0 Å². The summed E-state index contributed by atoms with van der Waals surface area (Å²) in [6.07, 6.45) is 0. The number of rotatable bonds is 6. The molecule has 1 N–H and O–H groups in total. The fourth-order valence-electron chi connectivity index (χ4n) is 2.57. The predicted molar refractivity (Wildman–Crippen MR) is 102 cm³/mol. The number of amides is 2. The summed E-state index contributed by atoms with van der Waals surface area (Å²) in [5.74, 6) is 0.266. The summed E-state index contributed by atoms with van der Waals surface area (Å²) in [5, 5.41) is 3.52. The van der Waals surface area contributed by atoms with Crippen LogP contribution in [0, 0.1) is 0 Å². The standard InChI is InChI=1S/C19H21N3O3S/c1-4-22(11-17(23)20-12(2)3)19(24)15-10-9-14(25-15)18-21-13-7-5-6-8-16(13)26-18/h5-10,12H,4,11H2,1-3H3,(H,20,23). The van der Waals surface area contributed by atoms with E-state index in [1.54, 1.807) is 12.1 Å². The lowest BCUT2D eigenvalue weighted by Gasteiger charge is -2.19. The normalized spacial score (nSPS) is 11.1. The Morgan fingerprint density at radius 3 is 2.69 bits per heavy atom. The van der Waals surface area contributed by atoms with Gasteiger partial charge in [0.2, 0.25) is 5.91 Å². The van der Waals surface area contributed by atoms with E-state index < -0.39 is 0 Å². The molecule has 2 aromatic heterocycles. The average molecular weight is 371 g/mol. The SMILES string of the molecule is CCN(CC(=O)NC(C)C)C(=O)c1ccc(-c2nc3ccccc3s2)o1. The summed E-state index contributed by atoms with van der Waals surface area (Å²) in [6, 6.07) is 11.2. The van der Waals surface area contributed by atoms with Crippen molar-refractivity contribution in [1.29, 1.82) is 0 Å². The Morgan fingerprint density at radius 1 is 1.23 bits per heavy atom. The second-order valence-corrected chi connectivity index (χ2v) is 7.22. The van der Waals surface area contributed by atoms with E-state index >= 15 is 0 Å². The van der Waals surface area contributed by atoms with E-state index in [4.69, 9.17) is 4.42 Å². The van der Waals surface area contributed by atoms with Gasteiger partial charge in [-0.25, -0.2) is 4.98 Å². The van der Waals surface area contributed by atoms with Crippen molar-refractivity contribution < 1.29 is 14.0 Å². The van der Waals surface area contributed by atoms with E-state index in [0.29, 0.717) is 12.3 Å². The number of nitrogens with one attached hydrogen (secondary N) is 1. The predicted octanol–water partition coefficient (Wildman–Crippen LogP) is 3.54. The number of fused-ring (bicyclic) bond motifs is 1. The Morgan fingerprint density at radius 2 is 2.00 bits per heavy atom. The first kappa shape index (κ1) is 18.1. The smallest absolute Gasteiger partial charge is 0.290 e. The van der Waals surface area contributed by atoms with E-state index in [1.807, 2.05) is 45.0 Å². The molecule has 0 aliphatic rings. The number of carbonyl (C=O) groups is 2. The highest BCUT2D eigenvalue weighted by molar-refractivity contribution is 7.21. The summed E-state index contributed by atoms with van der Waals surface area (Å²) >= 11 is 1.51. The number of aromatic nitrogens is 1. The van der Waals surface area contributed by atoms with Gasteiger partial charge in [-0.2, -0.15) is 0 Å². The van der Waals surface area contributed by atoms with E-state index in [0.717, 1.165) is 15.2 Å². The van der Waals surface area contributed by atoms with Crippen LogP contribution in [0.25, 0.3) is 21.0 Å². The molecule has 0 aliphatic heterocycles. The van der Waals surface area contributed by atoms with Gasteiger partial charge in [0.05, 0.1) is 16.8 Å². The molecule has 0 fully saturated rings. The maximum atomic E-state index is 12.6. The molecular formula is C19H21N3O3S. The fourth-order valence-corrected chi connectivity index (χ4v) is 3.50. The number of nitrogens with zero attached hydrogens (tertiary/aromatic N) is 2. The van der Waals surface area contributed by atoms with Gasteiger partial charge in [0.25, 0.3) is 5.91 Å². The van der Waals surface area contributed by atoms with Crippen molar-refractivity contribution in [2.45, 2.75) is 26.8 Å². The van der Waals surface area contributed by atoms with Crippen molar-refractivity contribution in [3.63, 3.8) is 0 Å². The molecule has 6 nitrogen and oxygen atoms in total. The molecule has 0 spiro atoms. The maximum absolute atomic E-state index is 12.6. The fraction of sp³-hybridized carbons (Fsp3) is 0.316. The molecule has 3 aromatic rings. The summed E-state index contributed by atoms with van der Waals surface area (Å²) in [5.41, 5.74) is 0.900. The first-order valence-electron chi connectivity index (χ1n) is 8.52. The van der Waals surface area contributed by atoms with Crippen LogP contribution >= 0.6 is 11.3 Å². The minimum absolute atomic E-state index is 0.00465. The van der Waals surface area contributed by atoms with Crippen LogP contribution in [-0.2, 0) is 4.79 Å². The van der Waals surface area contributed by atoms with Crippen LogP contribution in [0.1, 0.15) is 31.3 Å². The third-order valence-electron chi connectivity index (χ3n) is 3.77. The molecule has 2 heterocycles. The van der Waals surface area contributed by atoms with Gasteiger partial charge in [-0.3, -0.25) is 9.59 Å². The van der Waals surface area contributed by atoms with Gasteiger partial charge >= 0.3 is 0 Å². The highest BCUT2D eigenvalue weighted by Crippen LogP contribution is 2.31. The topological polar surface area (TPSA) is 75.4 Å². The van der Waals surface area contributed by atoms with Gasteiger partial charge in [-0.15, -0.1) is 11.3 Å². The minimum Gasteiger partial charge on any atom is -0.448 e. The zero-order valence-electron chi connectivity index (χ0n) is 15.0. The highest BCUT2D eigenvalue weighted by Gasteiger charge is 2.21. The van der Waals surface area contributed by atoms with Gasteiger partial charge in [-0.1, -0.05) is 12.1 Å². The van der Waals surface area contributed by atoms with E-state index in [-0.39, 0.29) is 30.2 Å². The van der Waals surface area contributed by atoms with E-state index in [9.17, 15) is 9.59 Å². The van der Waals surface area contributed by atoms with Gasteiger partial charge in [0.1, 0.15) is 0 Å². The van der Waals surface area contributed by atoms with Crippen molar-refractivity contribution in [1.82, 2.24) is 15.2 Å². The number of benzene rings is 1. The van der Waals surface area contributed by atoms with E-state index in [2.05, 4.69) is 10.3 Å². The van der Waals surface area contributed by atoms with Crippen LogP contribution in [0.4, 0.5) is 0 Å². The van der Waals surface area contributed by atoms with Crippen LogP contribution in [0.15, 0.2) is 40.8 Å². The van der Waals surface area contributed by atoms with Crippen molar-refractivity contribution >= 4 is 33.4 Å². The molecule has 0 radical (unpaired) electrons. The third kappa shape index (κ3) is 3.94. The molecule has 3 rings (SSSR count). The van der Waals surface area contributed by atoms with Crippen molar-refractivity contribution in [2.24, 2.45) is 0 Å². The molecule has 0 saturated heterocycles. The molecule has 1 aromatic carbocycles. The minimum atomic E-state index is -0.307. The van der Waals surface area contributed by atoms with Crippen molar-refractivity contribution in [3.8, 4) is 10.8 Å². The van der Waals surface area contributed by atoms with Gasteiger partial charge in [0, 0.05) is 12.6 Å². The molecule has 0 saturated carbocycles. The lowest BCUT2D eigenvalue weighted by atomic mass is 10.3. The number of para-hydroxylation sites is 1. The molecular weight excluding hydrogens is 350 g/mol. The second kappa shape index (κ2) is 7.70.